The molecule has 1 rings (SSSR count). The highest BCUT2D eigenvalue weighted by Gasteiger charge is 2.11. The fourth-order valence-electron chi connectivity index (χ4n) is 1.33. The molecule has 1 aromatic rings. The molecule has 0 aliphatic heterocycles. The second-order valence-electron chi connectivity index (χ2n) is 3.36. The van der Waals surface area contributed by atoms with Crippen LogP contribution in [0.2, 0.25) is 0 Å². The molecule has 96 valence electrons. The van der Waals surface area contributed by atoms with Gasteiger partial charge in [0.1, 0.15) is 0 Å². The van der Waals surface area contributed by atoms with Gasteiger partial charge in [-0.25, -0.2) is 0 Å². The first-order valence-corrected chi connectivity index (χ1v) is 7.34. The van der Waals surface area contributed by atoms with E-state index in [1.54, 1.807) is 0 Å². The van der Waals surface area contributed by atoms with Crippen LogP contribution in [0.1, 0.15) is 18.9 Å². The van der Waals surface area contributed by atoms with E-state index in [-0.39, 0.29) is 6.67 Å². The van der Waals surface area contributed by atoms with Crippen molar-refractivity contribution in [3.05, 3.63) is 22.2 Å². The van der Waals surface area contributed by atoms with Gasteiger partial charge in [-0.2, -0.15) is 0 Å². The first-order chi connectivity index (χ1) is 8.22. The molecule has 0 fully saturated rings. The standard InChI is InChI=1S/C12H15Br2FO2/c1-2-16-11-7-9(8-13)6-10(14)12(11)17-5-3-4-15/h6-7H,2-5,8H2,1H3. The highest BCUT2D eigenvalue weighted by atomic mass is 79.9. The lowest BCUT2D eigenvalue weighted by Gasteiger charge is -2.14. The van der Waals surface area contributed by atoms with Gasteiger partial charge >= 0.3 is 0 Å². The maximum atomic E-state index is 12.0. The molecule has 2 nitrogen and oxygen atoms in total. The molecule has 0 heterocycles. The lowest BCUT2D eigenvalue weighted by atomic mass is 10.2. The van der Waals surface area contributed by atoms with E-state index >= 15 is 0 Å². The fourth-order valence-corrected chi connectivity index (χ4v) is 2.26. The van der Waals surface area contributed by atoms with E-state index in [4.69, 9.17) is 9.47 Å². The first-order valence-electron chi connectivity index (χ1n) is 5.42. The molecule has 0 aromatic heterocycles. The zero-order valence-corrected chi connectivity index (χ0v) is 12.8. The van der Waals surface area contributed by atoms with Crippen LogP contribution in [0, 0.1) is 0 Å². The minimum absolute atomic E-state index is 0.350. The Balaban J connectivity index is 2.90. The minimum Gasteiger partial charge on any atom is -0.490 e. The van der Waals surface area contributed by atoms with Gasteiger partial charge in [-0.05, 0) is 40.5 Å². The molecule has 5 heteroatoms. The Morgan fingerprint density at radius 1 is 1.29 bits per heavy atom. The van der Waals surface area contributed by atoms with Gasteiger partial charge in [-0.15, -0.1) is 0 Å². The molecule has 0 saturated carbocycles. The molecule has 0 atom stereocenters. The Bertz CT molecular complexity index is 359. The van der Waals surface area contributed by atoms with E-state index < -0.39 is 0 Å². The SMILES string of the molecule is CCOc1cc(CBr)cc(Br)c1OCCCF. The number of halogens is 3. The van der Waals surface area contributed by atoms with E-state index in [1.165, 1.54) is 0 Å². The average Bonchev–Trinajstić information content (AvgIpc) is 2.32. The molecule has 0 bridgehead atoms. The Labute approximate surface area is 118 Å². The highest BCUT2D eigenvalue weighted by Crippen LogP contribution is 2.37. The average molecular weight is 370 g/mol. The number of hydrogen-bond donors (Lipinski definition) is 0. The van der Waals surface area contributed by atoms with Crippen molar-refractivity contribution in [3.63, 3.8) is 0 Å². The number of benzene rings is 1. The van der Waals surface area contributed by atoms with Crippen molar-refractivity contribution in [2.24, 2.45) is 0 Å². The second-order valence-corrected chi connectivity index (χ2v) is 4.78. The summed E-state index contributed by atoms with van der Waals surface area (Å²) in [4.78, 5) is 0. The predicted molar refractivity (Wildman–Crippen MR) is 74.0 cm³/mol. The second kappa shape index (κ2) is 7.93. The number of ether oxygens (including phenoxy) is 2. The van der Waals surface area contributed by atoms with Gasteiger partial charge in [-0.1, -0.05) is 15.9 Å². The molecule has 0 aliphatic rings. The molecular formula is C12H15Br2FO2. The van der Waals surface area contributed by atoms with E-state index in [9.17, 15) is 4.39 Å². The summed E-state index contributed by atoms with van der Waals surface area (Å²) in [5.74, 6) is 1.33. The predicted octanol–water partition coefficient (Wildman–Crippen LogP) is 4.48. The van der Waals surface area contributed by atoms with Gasteiger partial charge in [0, 0.05) is 11.8 Å². The van der Waals surface area contributed by atoms with E-state index in [1.807, 2.05) is 19.1 Å². The normalized spacial score (nSPS) is 10.4. The third kappa shape index (κ3) is 4.47. The van der Waals surface area contributed by atoms with E-state index in [0.717, 1.165) is 15.4 Å². The van der Waals surface area contributed by atoms with Crippen molar-refractivity contribution >= 4 is 31.9 Å². The van der Waals surface area contributed by atoms with Crippen molar-refractivity contribution in [1.29, 1.82) is 0 Å². The monoisotopic (exact) mass is 368 g/mol. The van der Waals surface area contributed by atoms with Gasteiger partial charge in [0.25, 0.3) is 0 Å². The van der Waals surface area contributed by atoms with Crippen LogP contribution in [-0.4, -0.2) is 19.9 Å². The molecule has 0 saturated heterocycles. The van der Waals surface area contributed by atoms with Crippen LogP contribution in [0.15, 0.2) is 16.6 Å². The van der Waals surface area contributed by atoms with Crippen molar-refractivity contribution in [2.75, 3.05) is 19.9 Å². The van der Waals surface area contributed by atoms with E-state index in [0.29, 0.717) is 31.1 Å². The lowest BCUT2D eigenvalue weighted by molar-refractivity contribution is 0.261. The summed E-state index contributed by atoms with van der Waals surface area (Å²) < 4.78 is 23.9. The quantitative estimate of drug-likeness (QED) is 0.521. The van der Waals surface area contributed by atoms with Gasteiger partial charge in [0.05, 0.1) is 24.4 Å². The molecule has 0 N–H and O–H groups in total. The van der Waals surface area contributed by atoms with Gasteiger partial charge in [-0.3, -0.25) is 4.39 Å². The van der Waals surface area contributed by atoms with Crippen molar-refractivity contribution in [2.45, 2.75) is 18.7 Å². The Morgan fingerprint density at radius 3 is 2.65 bits per heavy atom. The molecule has 1 aromatic carbocycles. The molecule has 17 heavy (non-hydrogen) atoms. The Hall–Kier alpha value is -0.290. The molecule has 0 unspecified atom stereocenters. The Kier molecular flexibility index (Phi) is 6.89. The number of hydrogen-bond acceptors (Lipinski definition) is 2. The smallest absolute Gasteiger partial charge is 0.175 e. The zero-order valence-electron chi connectivity index (χ0n) is 9.64. The zero-order chi connectivity index (χ0) is 12.7. The number of alkyl halides is 2. The highest BCUT2D eigenvalue weighted by molar-refractivity contribution is 9.10. The largest absolute Gasteiger partial charge is 0.490 e. The van der Waals surface area contributed by atoms with Crippen molar-refractivity contribution in [3.8, 4) is 11.5 Å². The third-order valence-electron chi connectivity index (χ3n) is 2.05. The van der Waals surface area contributed by atoms with Gasteiger partial charge in [0.15, 0.2) is 11.5 Å². The summed E-state index contributed by atoms with van der Waals surface area (Å²) in [6.07, 6.45) is 0.387. The van der Waals surface area contributed by atoms with Crippen LogP contribution in [-0.2, 0) is 5.33 Å². The summed E-state index contributed by atoms with van der Waals surface area (Å²) in [6, 6.07) is 3.88. The first kappa shape index (κ1) is 14.8. The third-order valence-corrected chi connectivity index (χ3v) is 3.28. The number of rotatable bonds is 7. The van der Waals surface area contributed by atoms with Crippen molar-refractivity contribution < 1.29 is 13.9 Å². The molecule has 0 spiro atoms. The van der Waals surface area contributed by atoms with Crippen LogP contribution >= 0.6 is 31.9 Å². The summed E-state index contributed by atoms with van der Waals surface area (Å²) in [5, 5.41) is 0.746. The maximum absolute atomic E-state index is 12.0. The maximum Gasteiger partial charge on any atom is 0.175 e. The van der Waals surface area contributed by atoms with Crippen LogP contribution in [0.5, 0.6) is 11.5 Å². The summed E-state index contributed by atoms with van der Waals surface area (Å²) in [6.45, 7) is 2.46. The minimum atomic E-state index is -0.374. The van der Waals surface area contributed by atoms with Crippen LogP contribution in [0.25, 0.3) is 0 Å². The molecule has 0 amide bonds. The molecule has 0 aliphatic carbocycles. The van der Waals surface area contributed by atoms with E-state index in [2.05, 4.69) is 31.9 Å². The topological polar surface area (TPSA) is 18.5 Å². The molecule has 0 radical (unpaired) electrons. The van der Waals surface area contributed by atoms with Crippen LogP contribution in [0.3, 0.4) is 0 Å². The van der Waals surface area contributed by atoms with Gasteiger partial charge < -0.3 is 9.47 Å². The van der Waals surface area contributed by atoms with Crippen molar-refractivity contribution in [1.82, 2.24) is 0 Å². The summed E-state index contributed by atoms with van der Waals surface area (Å²) in [7, 11) is 0. The summed E-state index contributed by atoms with van der Waals surface area (Å²) in [5.41, 5.74) is 1.10. The lowest BCUT2D eigenvalue weighted by Crippen LogP contribution is -2.03. The Morgan fingerprint density at radius 2 is 2.06 bits per heavy atom. The molecular weight excluding hydrogens is 355 g/mol. The van der Waals surface area contributed by atoms with Gasteiger partial charge in [0.2, 0.25) is 0 Å². The van der Waals surface area contributed by atoms with Crippen LogP contribution < -0.4 is 9.47 Å². The fraction of sp³-hybridized carbons (Fsp3) is 0.500. The summed E-state index contributed by atoms with van der Waals surface area (Å²) >= 11 is 6.84. The van der Waals surface area contributed by atoms with Crippen LogP contribution in [0.4, 0.5) is 4.39 Å².